The zero-order valence-electron chi connectivity index (χ0n) is 19.1. The Bertz CT molecular complexity index is 1160. The first-order valence-corrected chi connectivity index (χ1v) is 12.4. The van der Waals surface area contributed by atoms with Crippen LogP contribution in [0.3, 0.4) is 0 Å². The molecule has 0 spiro atoms. The molecule has 2 amide bonds. The largest absolute Gasteiger partial charge is 0.493 e. The summed E-state index contributed by atoms with van der Waals surface area (Å²) in [6.45, 7) is 0.790. The monoisotopic (exact) mass is 586 g/mol. The number of hydrogen-bond donors (Lipinski definition) is 3. The summed E-state index contributed by atoms with van der Waals surface area (Å²) in [6.07, 6.45) is 2.35. The van der Waals surface area contributed by atoms with Gasteiger partial charge in [0.25, 0.3) is 11.8 Å². The molecule has 35 heavy (non-hydrogen) atoms. The van der Waals surface area contributed by atoms with Crippen LogP contribution in [0.5, 0.6) is 5.75 Å². The molecule has 8 heteroatoms. The molecule has 0 atom stereocenters. The van der Waals surface area contributed by atoms with Gasteiger partial charge in [-0.2, -0.15) is 0 Å². The van der Waals surface area contributed by atoms with Gasteiger partial charge in [0, 0.05) is 33.4 Å². The molecule has 7 nitrogen and oxygen atoms in total. The van der Waals surface area contributed by atoms with Crippen molar-refractivity contribution >= 4 is 46.1 Å². The minimum atomic E-state index is -0.784. The van der Waals surface area contributed by atoms with E-state index in [0.29, 0.717) is 42.1 Å². The predicted molar refractivity (Wildman–Crippen MR) is 143 cm³/mol. The number of amides is 2. The van der Waals surface area contributed by atoms with Crippen molar-refractivity contribution in [1.82, 2.24) is 5.32 Å². The van der Waals surface area contributed by atoms with Crippen LogP contribution in [0.4, 0.5) is 5.69 Å². The molecule has 0 saturated carbocycles. The molecule has 0 unspecified atom stereocenters. The Labute approximate surface area is 218 Å². The first kappa shape index (κ1) is 26.2. The molecule has 0 radical (unpaired) electrons. The fourth-order valence-electron chi connectivity index (χ4n) is 3.35. The van der Waals surface area contributed by atoms with Crippen LogP contribution < -0.4 is 15.4 Å². The second-order valence-electron chi connectivity index (χ2n) is 7.85. The number of para-hydroxylation sites is 1. The number of benzene rings is 3. The Kier molecular flexibility index (Phi) is 10.1. The molecule has 0 aliphatic carbocycles. The number of carbonyl (C=O) groups is 3. The van der Waals surface area contributed by atoms with E-state index in [1.807, 2.05) is 42.5 Å². The molecule has 0 aliphatic rings. The maximum absolute atomic E-state index is 12.6. The Balaban J connectivity index is 1.49. The van der Waals surface area contributed by atoms with Crippen molar-refractivity contribution in [2.24, 2.45) is 0 Å². The number of rotatable bonds is 12. The fraction of sp³-hybridized carbons (Fsp3) is 0.222. The van der Waals surface area contributed by atoms with E-state index in [-0.39, 0.29) is 18.2 Å². The van der Waals surface area contributed by atoms with Crippen molar-refractivity contribution in [3.63, 3.8) is 0 Å². The number of hydrogen-bond acceptors (Lipinski definition) is 4. The quantitative estimate of drug-likeness (QED) is 0.192. The van der Waals surface area contributed by atoms with Crippen molar-refractivity contribution < 1.29 is 24.2 Å². The Morgan fingerprint density at radius 3 is 2.29 bits per heavy atom. The van der Waals surface area contributed by atoms with Gasteiger partial charge in [0.15, 0.2) is 0 Å². The minimum absolute atomic E-state index is 0.169. The molecule has 0 fully saturated rings. The highest BCUT2D eigenvalue weighted by Crippen LogP contribution is 2.19. The van der Waals surface area contributed by atoms with Crippen LogP contribution in [0.25, 0.3) is 0 Å². The molecule has 0 bridgehead atoms. The highest BCUT2D eigenvalue weighted by molar-refractivity contribution is 14.1. The predicted octanol–water partition coefficient (Wildman–Crippen LogP) is 5.50. The molecule has 0 aliphatic heterocycles. The number of aliphatic carboxylic acids is 1. The molecule has 3 N–H and O–H groups in total. The summed E-state index contributed by atoms with van der Waals surface area (Å²) in [4.78, 5) is 35.7. The molecular formula is C27H27IN2O5. The summed E-state index contributed by atoms with van der Waals surface area (Å²) in [5.41, 5.74) is 2.53. The molecule has 0 heterocycles. The van der Waals surface area contributed by atoms with Crippen molar-refractivity contribution in [2.75, 3.05) is 11.9 Å². The van der Waals surface area contributed by atoms with E-state index in [1.54, 1.807) is 30.3 Å². The number of unbranched alkanes of at least 4 members (excludes halogenated alkanes) is 2. The lowest BCUT2D eigenvalue weighted by Gasteiger charge is -2.12. The third-order valence-electron chi connectivity index (χ3n) is 5.23. The van der Waals surface area contributed by atoms with E-state index in [0.717, 1.165) is 22.0 Å². The molecule has 0 aromatic heterocycles. The van der Waals surface area contributed by atoms with Crippen molar-refractivity contribution in [2.45, 2.75) is 32.2 Å². The summed E-state index contributed by atoms with van der Waals surface area (Å²) >= 11 is 2.12. The average Bonchev–Trinajstić information content (AvgIpc) is 2.85. The third-order valence-corrected chi connectivity index (χ3v) is 6.17. The van der Waals surface area contributed by atoms with Crippen LogP contribution in [0.15, 0.2) is 72.8 Å². The summed E-state index contributed by atoms with van der Waals surface area (Å²) in [7, 11) is 0. The second kappa shape index (κ2) is 13.5. The molecular weight excluding hydrogens is 559 g/mol. The Hall–Kier alpha value is -3.40. The van der Waals surface area contributed by atoms with Crippen LogP contribution in [0.1, 0.15) is 52.0 Å². The number of carbonyl (C=O) groups excluding carboxylic acids is 2. The number of ether oxygens (including phenoxy) is 1. The summed E-state index contributed by atoms with van der Waals surface area (Å²) in [6, 6.07) is 21.6. The number of carboxylic acid groups (broad SMARTS) is 1. The molecule has 0 saturated heterocycles. The smallest absolute Gasteiger partial charge is 0.303 e. The second-order valence-corrected chi connectivity index (χ2v) is 9.02. The van der Waals surface area contributed by atoms with Crippen molar-refractivity contribution in [3.8, 4) is 5.75 Å². The van der Waals surface area contributed by atoms with E-state index < -0.39 is 5.97 Å². The van der Waals surface area contributed by atoms with Crippen LogP contribution >= 0.6 is 22.6 Å². The van der Waals surface area contributed by atoms with Gasteiger partial charge >= 0.3 is 5.97 Å². The van der Waals surface area contributed by atoms with Gasteiger partial charge in [-0.3, -0.25) is 14.4 Å². The maximum atomic E-state index is 12.6. The summed E-state index contributed by atoms with van der Waals surface area (Å²) in [5.74, 6) is -0.525. The topological polar surface area (TPSA) is 105 Å². The Morgan fingerprint density at radius 1 is 0.829 bits per heavy atom. The number of anilines is 1. The van der Waals surface area contributed by atoms with E-state index in [9.17, 15) is 14.4 Å². The number of nitrogens with one attached hydrogen (secondary N) is 2. The first-order valence-electron chi connectivity index (χ1n) is 11.3. The van der Waals surface area contributed by atoms with Gasteiger partial charge in [-0.1, -0.05) is 30.3 Å². The summed E-state index contributed by atoms with van der Waals surface area (Å²) in [5, 5.41) is 14.4. The maximum Gasteiger partial charge on any atom is 0.303 e. The highest BCUT2D eigenvalue weighted by atomic mass is 127. The van der Waals surface area contributed by atoms with Crippen LogP contribution in [-0.2, 0) is 11.3 Å². The molecule has 3 aromatic rings. The lowest BCUT2D eigenvalue weighted by atomic mass is 10.1. The van der Waals surface area contributed by atoms with Gasteiger partial charge in [0.2, 0.25) is 0 Å². The van der Waals surface area contributed by atoms with Gasteiger partial charge in [-0.15, -0.1) is 0 Å². The van der Waals surface area contributed by atoms with E-state index in [2.05, 4.69) is 33.2 Å². The third kappa shape index (κ3) is 8.40. The van der Waals surface area contributed by atoms with Crippen molar-refractivity contribution in [1.29, 1.82) is 0 Å². The normalized spacial score (nSPS) is 10.4. The first-order chi connectivity index (χ1) is 16.9. The van der Waals surface area contributed by atoms with Crippen LogP contribution in [0.2, 0.25) is 0 Å². The molecule has 3 rings (SSSR count). The molecule has 182 valence electrons. The zero-order valence-corrected chi connectivity index (χ0v) is 21.3. The van der Waals surface area contributed by atoms with Gasteiger partial charge in [-0.05, 0) is 84.3 Å². The average molecular weight is 586 g/mol. The zero-order chi connectivity index (χ0) is 25.0. The highest BCUT2D eigenvalue weighted by Gasteiger charge is 2.11. The van der Waals surface area contributed by atoms with Gasteiger partial charge < -0.3 is 20.5 Å². The minimum Gasteiger partial charge on any atom is -0.493 e. The number of carboxylic acids is 1. The van der Waals surface area contributed by atoms with Gasteiger partial charge in [0.05, 0.1) is 12.2 Å². The number of halogens is 1. The van der Waals surface area contributed by atoms with Crippen molar-refractivity contribution in [3.05, 3.63) is 93.1 Å². The lowest BCUT2D eigenvalue weighted by molar-refractivity contribution is -0.137. The standard InChI is InChI=1S/C27H27IN2O5/c28-23-10-5-4-9-22(23)27(34)30-21-15-13-19(14-16-21)26(33)29-18-20-8-3-6-11-24(20)35-17-7-1-2-12-25(31)32/h3-6,8-11,13-16H,1-2,7,12,17-18H2,(H,29,33)(H,30,34)(H,31,32). The fourth-order valence-corrected chi connectivity index (χ4v) is 3.99. The molecule has 3 aromatic carbocycles. The van der Waals surface area contributed by atoms with Crippen LogP contribution in [0, 0.1) is 3.57 Å². The van der Waals surface area contributed by atoms with E-state index >= 15 is 0 Å². The van der Waals surface area contributed by atoms with E-state index in [4.69, 9.17) is 9.84 Å². The van der Waals surface area contributed by atoms with Gasteiger partial charge in [-0.25, -0.2) is 0 Å². The summed E-state index contributed by atoms with van der Waals surface area (Å²) < 4.78 is 6.70. The SMILES string of the molecule is O=C(O)CCCCCOc1ccccc1CNC(=O)c1ccc(NC(=O)c2ccccc2I)cc1. The van der Waals surface area contributed by atoms with Gasteiger partial charge in [0.1, 0.15) is 5.75 Å². The Morgan fingerprint density at radius 2 is 1.54 bits per heavy atom. The van der Waals surface area contributed by atoms with E-state index in [1.165, 1.54) is 0 Å². The lowest BCUT2D eigenvalue weighted by Crippen LogP contribution is -2.23. The van der Waals surface area contributed by atoms with Crippen LogP contribution in [-0.4, -0.2) is 29.5 Å².